The van der Waals surface area contributed by atoms with Crippen molar-refractivity contribution >= 4 is 0 Å². The van der Waals surface area contributed by atoms with Gasteiger partial charge in [-0.25, -0.2) is 0 Å². The number of hydrogen-bond acceptors (Lipinski definition) is 1. The first-order chi connectivity index (χ1) is 13.4. The first-order valence-corrected chi connectivity index (χ1v) is 13.0. The molecule has 0 bridgehead atoms. The summed E-state index contributed by atoms with van der Waals surface area (Å²) in [6.45, 7) is 10.6. The Balaban J connectivity index is 1.43. The van der Waals surface area contributed by atoms with E-state index < -0.39 is 0 Å². The molecule has 0 aromatic carbocycles. The molecule has 1 heteroatoms. The van der Waals surface area contributed by atoms with Gasteiger partial charge in [0.15, 0.2) is 0 Å². The second kappa shape index (κ2) is 8.24. The lowest BCUT2D eigenvalue weighted by atomic mass is 9.44. The van der Waals surface area contributed by atoms with Crippen molar-refractivity contribution in [2.45, 2.75) is 111 Å². The molecular weight excluding hydrogens is 340 g/mol. The number of hydrogen-bond donors (Lipinski definition) is 1. The van der Waals surface area contributed by atoms with Crippen molar-refractivity contribution in [1.29, 1.82) is 0 Å². The van der Waals surface area contributed by atoms with Gasteiger partial charge in [-0.2, -0.15) is 0 Å². The van der Waals surface area contributed by atoms with E-state index in [9.17, 15) is 5.11 Å². The average molecular weight is 389 g/mol. The highest BCUT2D eigenvalue weighted by Gasteiger charge is 2.59. The third-order valence-electron chi connectivity index (χ3n) is 11.0. The van der Waals surface area contributed by atoms with Gasteiger partial charge >= 0.3 is 0 Å². The SMILES string of the molecule is CC(CO)CCC[C@@H](C)[C@H]1CC[C@H]2[C@@H]3CC[C@@H]4CCCC[C@]4(C)[C@H]3CC[C@]12C. The predicted molar refractivity (Wildman–Crippen MR) is 119 cm³/mol. The minimum absolute atomic E-state index is 0.362. The van der Waals surface area contributed by atoms with E-state index in [1.165, 1.54) is 70.6 Å². The molecule has 0 aromatic rings. The second-order valence-corrected chi connectivity index (χ2v) is 12.3. The average Bonchev–Trinajstić information content (AvgIpc) is 3.04. The van der Waals surface area contributed by atoms with Crippen LogP contribution in [0.2, 0.25) is 0 Å². The maximum absolute atomic E-state index is 9.32. The van der Waals surface area contributed by atoms with E-state index in [4.69, 9.17) is 0 Å². The number of aliphatic hydroxyl groups excluding tert-OH is 1. The Bertz CT molecular complexity index is 528. The van der Waals surface area contributed by atoms with Gasteiger partial charge in [0.1, 0.15) is 0 Å². The molecule has 0 amide bonds. The van der Waals surface area contributed by atoms with Crippen molar-refractivity contribution in [3.05, 3.63) is 0 Å². The Morgan fingerprint density at radius 2 is 1.61 bits per heavy atom. The summed E-state index contributed by atoms with van der Waals surface area (Å²) in [4.78, 5) is 0. The first kappa shape index (κ1) is 21.2. The standard InChI is InChI=1S/C27H48O/c1-19(18-28)8-7-9-20(2)23-13-14-24-22-12-11-21-10-5-6-16-26(21,3)25(22)15-17-27(23,24)4/h19-25,28H,5-18H2,1-4H3/t19?,20-,21+,22+,23-,24+,25+,26+,27-/m1/s1. The second-order valence-electron chi connectivity index (χ2n) is 12.3. The lowest BCUT2D eigenvalue weighted by Gasteiger charge is -2.61. The third-order valence-corrected chi connectivity index (χ3v) is 11.0. The molecule has 9 atom stereocenters. The van der Waals surface area contributed by atoms with Crippen LogP contribution in [0.5, 0.6) is 0 Å². The summed E-state index contributed by atoms with van der Waals surface area (Å²) in [7, 11) is 0. The summed E-state index contributed by atoms with van der Waals surface area (Å²) >= 11 is 0. The molecule has 0 saturated heterocycles. The molecule has 4 aliphatic rings. The zero-order valence-electron chi connectivity index (χ0n) is 19.4. The zero-order valence-corrected chi connectivity index (χ0v) is 19.4. The maximum atomic E-state index is 9.32. The van der Waals surface area contributed by atoms with Crippen LogP contribution in [0, 0.1) is 52.3 Å². The van der Waals surface area contributed by atoms with Crippen LogP contribution < -0.4 is 0 Å². The quantitative estimate of drug-likeness (QED) is 0.500. The summed E-state index contributed by atoms with van der Waals surface area (Å²) in [6, 6.07) is 0. The molecule has 0 spiro atoms. The van der Waals surface area contributed by atoms with Crippen LogP contribution in [0.25, 0.3) is 0 Å². The van der Waals surface area contributed by atoms with Gasteiger partial charge in [0.25, 0.3) is 0 Å². The Morgan fingerprint density at radius 3 is 2.39 bits per heavy atom. The Morgan fingerprint density at radius 1 is 0.821 bits per heavy atom. The molecule has 0 heterocycles. The Labute approximate surface area is 175 Å². The van der Waals surface area contributed by atoms with Crippen LogP contribution in [0.4, 0.5) is 0 Å². The van der Waals surface area contributed by atoms with Crippen molar-refractivity contribution in [2.24, 2.45) is 52.3 Å². The molecule has 1 unspecified atom stereocenters. The van der Waals surface area contributed by atoms with E-state index in [0.29, 0.717) is 23.4 Å². The number of rotatable bonds is 6. The van der Waals surface area contributed by atoms with E-state index in [0.717, 1.165) is 35.5 Å². The van der Waals surface area contributed by atoms with Crippen LogP contribution in [0.1, 0.15) is 111 Å². The molecule has 4 rings (SSSR count). The lowest BCUT2D eigenvalue weighted by Crippen LogP contribution is -2.53. The largest absolute Gasteiger partial charge is 0.396 e. The van der Waals surface area contributed by atoms with Gasteiger partial charge in [-0.1, -0.05) is 53.4 Å². The Hall–Kier alpha value is -0.0400. The fourth-order valence-electron chi connectivity index (χ4n) is 9.35. The zero-order chi connectivity index (χ0) is 19.9. The van der Waals surface area contributed by atoms with Gasteiger partial charge < -0.3 is 5.11 Å². The van der Waals surface area contributed by atoms with Gasteiger partial charge in [0.2, 0.25) is 0 Å². The van der Waals surface area contributed by atoms with Crippen LogP contribution in [0.15, 0.2) is 0 Å². The fraction of sp³-hybridized carbons (Fsp3) is 1.00. The molecule has 0 radical (unpaired) electrons. The van der Waals surface area contributed by atoms with Crippen molar-refractivity contribution in [2.75, 3.05) is 6.61 Å². The maximum Gasteiger partial charge on any atom is 0.0456 e. The van der Waals surface area contributed by atoms with Crippen LogP contribution in [-0.2, 0) is 0 Å². The topological polar surface area (TPSA) is 20.2 Å². The molecule has 28 heavy (non-hydrogen) atoms. The van der Waals surface area contributed by atoms with Crippen LogP contribution in [-0.4, -0.2) is 11.7 Å². The first-order valence-electron chi connectivity index (χ1n) is 13.0. The molecule has 4 fully saturated rings. The summed E-state index contributed by atoms with van der Waals surface area (Å²) in [5.74, 6) is 6.49. The minimum Gasteiger partial charge on any atom is -0.396 e. The predicted octanol–water partition coefficient (Wildman–Crippen LogP) is 7.47. The number of fused-ring (bicyclic) bond motifs is 5. The van der Waals surface area contributed by atoms with Gasteiger partial charge in [-0.3, -0.25) is 0 Å². The number of aliphatic hydroxyl groups is 1. The molecule has 4 saturated carbocycles. The highest BCUT2D eigenvalue weighted by atomic mass is 16.3. The summed E-state index contributed by atoms with van der Waals surface area (Å²) in [5, 5.41) is 9.32. The Kier molecular flexibility index (Phi) is 6.24. The van der Waals surface area contributed by atoms with Gasteiger partial charge in [0, 0.05) is 6.61 Å². The molecule has 0 aliphatic heterocycles. The highest BCUT2D eigenvalue weighted by Crippen LogP contribution is 2.68. The summed E-state index contributed by atoms with van der Waals surface area (Å²) in [6.07, 6.45) is 19.2. The smallest absolute Gasteiger partial charge is 0.0456 e. The highest BCUT2D eigenvalue weighted by molar-refractivity contribution is 5.09. The van der Waals surface area contributed by atoms with E-state index in [-0.39, 0.29) is 0 Å². The molecule has 1 N–H and O–H groups in total. The van der Waals surface area contributed by atoms with E-state index >= 15 is 0 Å². The van der Waals surface area contributed by atoms with Gasteiger partial charge in [-0.05, 0) is 110 Å². The molecule has 0 aromatic heterocycles. The van der Waals surface area contributed by atoms with Crippen molar-refractivity contribution in [3.63, 3.8) is 0 Å². The molecular formula is C27H48O. The fourth-order valence-corrected chi connectivity index (χ4v) is 9.35. The van der Waals surface area contributed by atoms with E-state index in [2.05, 4.69) is 27.7 Å². The van der Waals surface area contributed by atoms with Gasteiger partial charge in [0.05, 0.1) is 0 Å². The molecule has 4 aliphatic carbocycles. The van der Waals surface area contributed by atoms with E-state index in [1.807, 2.05) is 0 Å². The van der Waals surface area contributed by atoms with Crippen molar-refractivity contribution in [1.82, 2.24) is 0 Å². The summed E-state index contributed by atoms with van der Waals surface area (Å²) < 4.78 is 0. The van der Waals surface area contributed by atoms with Crippen LogP contribution in [0.3, 0.4) is 0 Å². The van der Waals surface area contributed by atoms with Crippen molar-refractivity contribution < 1.29 is 5.11 Å². The molecule has 1 nitrogen and oxygen atoms in total. The lowest BCUT2D eigenvalue weighted by molar-refractivity contribution is -0.114. The minimum atomic E-state index is 0.362. The monoisotopic (exact) mass is 388 g/mol. The third kappa shape index (κ3) is 3.50. The van der Waals surface area contributed by atoms with E-state index in [1.54, 1.807) is 12.8 Å². The van der Waals surface area contributed by atoms with Gasteiger partial charge in [-0.15, -0.1) is 0 Å². The van der Waals surface area contributed by atoms with Crippen molar-refractivity contribution in [3.8, 4) is 0 Å². The normalized spacial score (nSPS) is 47.7. The van der Waals surface area contributed by atoms with Crippen LogP contribution >= 0.6 is 0 Å². The summed E-state index contributed by atoms with van der Waals surface area (Å²) in [5.41, 5.74) is 1.31. The molecule has 162 valence electrons.